The minimum atomic E-state index is -0.0986. The van der Waals surface area contributed by atoms with E-state index in [0.717, 1.165) is 59.6 Å². The zero-order valence-corrected chi connectivity index (χ0v) is 19.1. The highest BCUT2D eigenvalue weighted by Gasteiger charge is 2.22. The van der Waals surface area contributed by atoms with Gasteiger partial charge in [-0.2, -0.15) is 0 Å². The summed E-state index contributed by atoms with van der Waals surface area (Å²) in [6, 6.07) is 10.8. The Bertz CT molecular complexity index is 1030. The molecular weight excluding hydrogens is 436 g/mol. The van der Waals surface area contributed by atoms with Crippen molar-refractivity contribution in [2.45, 2.75) is 0 Å². The predicted molar refractivity (Wildman–Crippen MR) is 125 cm³/mol. The maximum atomic E-state index is 12.2. The molecule has 1 fully saturated rings. The lowest BCUT2D eigenvalue weighted by molar-refractivity contribution is 0.0948. The molecule has 0 unspecified atom stereocenters. The van der Waals surface area contributed by atoms with Crippen molar-refractivity contribution < 1.29 is 14.3 Å². The van der Waals surface area contributed by atoms with Gasteiger partial charge in [-0.1, -0.05) is 29.0 Å². The summed E-state index contributed by atoms with van der Waals surface area (Å²) in [5.74, 6) is 1.47. The van der Waals surface area contributed by atoms with Gasteiger partial charge in [0.15, 0.2) is 5.13 Å². The number of anilines is 1. The smallest absolute Gasteiger partial charge is 0.251 e. The van der Waals surface area contributed by atoms with E-state index in [1.165, 1.54) is 0 Å². The maximum Gasteiger partial charge on any atom is 0.251 e. The summed E-state index contributed by atoms with van der Waals surface area (Å²) in [5.41, 5.74) is 1.42. The Morgan fingerprint density at radius 3 is 2.58 bits per heavy atom. The van der Waals surface area contributed by atoms with Crippen LogP contribution < -0.4 is 19.7 Å². The van der Waals surface area contributed by atoms with Crippen LogP contribution in [-0.2, 0) is 0 Å². The van der Waals surface area contributed by atoms with E-state index in [0.29, 0.717) is 17.1 Å². The number of aromatic nitrogens is 1. The summed E-state index contributed by atoms with van der Waals surface area (Å²) in [4.78, 5) is 21.7. The predicted octanol–water partition coefficient (Wildman–Crippen LogP) is 3.52. The molecule has 2 aromatic carbocycles. The van der Waals surface area contributed by atoms with Gasteiger partial charge in [0.2, 0.25) is 0 Å². The first kappa shape index (κ1) is 21.7. The number of methoxy groups -OCH3 is 2. The van der Waals surface area contributed by atoms with Crippen molar-refractivity contribution in [3.8, 4) is 11.5 Å². The molecule has 164 valence electrons. The average molecular weight is 461 g/mol. The van der Waals surface area contributed by atoms with Gasteiger partial charge in [-0.05, 0) is 30.3 Å². The van der Waals surface area contributed by atoms with Crippen LogP contribution in [0, 0.1) is 0 Å². The molecule has 0 spiro atoms. The lowest BCUT2D eigenvalue weighted by Gasteiger charge is -2.34. The van der Waals surface area contributed by atoms with Gasteiger partial charge in [-0.25, -0.2) is 4.98 Å². The Hall–Kier alpha value is -2.55. The molecule has 0 saturated carbocycles. The molecule has 1 aliphatic heterocycles. The number of fused-ring (bicyclic) bond motifs is 1. The first-order valence-electron chi connectivity index (χ1n) is 10.1. The number of halogens is 1. The molecule has 1 aliphatic rings. The third-order valence-electron chi connectivity index (χ3n) is 5.34. The summed E-state index contributed by atoms with van der Waals surface area (Å²) < 4.78 is 12.0. The molecule has 0 bridgehead atoms. The van der Waals surface area contributed by atoms with Crippen LogP contribution in [0.1, 0.15) is 10.4 Å². The van der Waals surface area contributed by atoms with Gasteiger partial charge in [0, 0.05) is 49.9 Å². The highest BCUT2D eigenvalue weighted by atomic mass is 35.5. The molecule has 0 radical (unpaired) electrons. The first-order chi connectivity index (χ1) is 15.1. The third kappa shape index (κ3) is 4.87. The Balaban J connectivity index is 1.31. The normalized spacial score (nSPS) is 14.6. The van der Waals surface area contributed by atoms with Crippen molar-refractivity contribution in [1.29, 1.82) is 0 Å². The van der Waals surface area contributed by atoms with Crippen molar-refractivity contribution in [3.05, 3.63) is 47.0 Å². The largest absolute Gasteiger partial charge is 0.495 e. The van der Waals surface area contributed by atoms with Gasteiger partial charge in [-0.15, -0.1) is 0 Å². The van der Waals surface area contributed by atoms with E-state index < -0.39 is 0 Å². The fraction of sp³-hybridized carbons (Fsp3) is 0.364. The van der Waals surface area contributed by atoms with Crippen molar-refractivity contribution >= 4 is 44.2 Å². The van der Waals surface area contributed by atoms with Crippen LogP contribution in [0.4, 0.5) is 5.13 Å². The Morgan fingerprint density at radius 1 is 1.13 bits per heavy atom. The Kier molecular flexibility index (Phi) is 6.80. The summed E-state index contributed by atoms with van der Waals surface area (Å²) >= 11 is 7.59. The zero-order chi connectivity index (χ0) is 21.8. The van der Waals surface area contributed by atoms with Crippen LogP contribution in [0.3, 0.4) is 0 Å². The standard InChI is InChI=1S/C22H25ClN4O3S/c1-29-17-6-7-18(30-2)20-19(17)25-22(31-20)27-12-10-26(11-13-27)9-8-24-21(28)15-4-3-5-16(23)14-15/h3-7,14H,8-13H2,1-2H3,(H,24,28). The minimum absolute atomic E-state index is 0.0986. The first-order valence-corrected chi connectivity index (χ1v) is 11.3. The topological polar surface area (TPSA) is 66.9 Å². The van der Waals surface area contributed by atoms with Gasteiger partial charge >= 0.3 is 0 Å². The molecule has 3 aromatic rings. The van der Waals surface area contributed by atoms with Gasteiger partial charge in [0.25, 0.3) is 5.91 Å². The number of carbonyl (C=O) groups is 1. The second-order valence-electron chi connectivity index (χ2n) is 7.24. The second-order valence-corrected chi connectivity index (χ2v) is 8.65. The van der Waals surface area contributed by atoms with E-state index in [4.69, 9.17) is 26.1 Å². The minimum Gasteiger partial charge on any atom is -0.495 e. The highest BCUT2D eigenvalue weighted by Crippen LogP contribution is 2.40. The summed E-state index contributed by atoms with van der Waals surface area (Å²) in [6.45, 7) is 5.00. The van der Waals surface area contributed by atoms with Gasteiger partial charge in [0.05, 0.1) is 14.2 Å². The molecule has 9 heteroatoms. The number of hydrogen-bond acceptors (Lipinski definition) is 7. The number of nitrogens with one attached hydrogen (secondary N) is 1. The number of amides is 1. The summed E-state index contributed by atoms with van der Waals surface area (Å²) in [5, 5.41) is 4.51. The number of carbonyl (C=O) groups excluding carboxylic acids is 1. The van der Waals surface area contributed by atoms with Gasteiger partial charge < -0.3 is 19.7 Å². The third-order valence-corrected chi connectivity index (χ3v) is 6.71. The van der Waals surface area contributed by atoms with E-state index in [1.54, 1.807) is 49.8 Å². The maximum absolute atomic E-state index is 12.2. The number of rotatable bonds is 7. The van der Waals surface area contributed by atoms with Gasteiger partial charge in [0.1, 0.15) is 21.7 Å². The molecule has 31 heavy (non-hydrogen) atoms. The van der Waals surface area contributed by atoms with Gasteiger partial charge in [-0.3, -0.25) is 9.69 Å². The number of thiazole rings is 1. The van der Waals surface area contributed by atoms with Crippen LogP contribution in [0.15, 0.2) is 36.4 Å². The van der Waals surface area contributed by atoms with Crippen molar-refractivity contribution in [2.24, 2.45) is 0 Å². The van der Waals surface area contributed by atoms with Crippen LogP contribution in [-0.4, -0.2) is 69.3 Å². The fourth-order valence-corrected chi connectivity index (χ4v) is 4.95. The Morgan fingerprint density at radius 2 is 1.87 bits per heavy atom. The van der Waals surface area contributed by atoms with Crippen LogP contribution in [0.2, 0.25) is 5.02 Å². The molecule has 7 nitrogen and oxygen atoms in total. The van der Waals surface area contributed by atoms with Crippen LogP contribution in [0.25, 0.3) is 10.2 Å². The number of ether oxygens (including phenoxy) is 2. The molecule has 1 N–H and O–H groups in total. The lowest BCUT2D eigenvalue weighted by Crippen LogP contribution is -2.48. The lowest BCUT2D eigenvalue weighted by atomic mass is 10.2. The van der Waals surface area contributed by atoms with Crippen molar-refractivity contribution in [3.63, 3.8) is 0 Å². The summed E-state index contributed by atoms with van der Waals surface area (Å²) in [7, 11) is 3.33. The van der Waals surface area contributed by atoms with Crippen molar-refractivity contribution in [1.82, 2.24) is 15.2 Å². The van der Waals surface area contributed by atoms with E-state index >= 15 is 0 Å². The van der Waals surface area contributed by atoms with Crippen LogP contribution in [0.5, 0.6) is 11.5 Å². The monoisotopic (exact) mass is 460 g/mol. The van der Waals surface area contributed by atoms with Crippen LogP contribution >= 0.6 is 22.9 Å². The van der Waals surface area contributed by atoms with E-state index in [2.05, 4.69) is 15.1 Å². The summed E-state index contributed by atoms with van der Waals surface area (Å²) in [6.07, 6.45) is 0. The fourth-order valence-electron chi connectivity index (χ4n) is 3.63. The highest BCUT2D eigenvalue weighted by molar-refractivity contribution is 7.22. The molecule has 4 rings (SSSR count). The SMILES string of the molecule is COc1ccc(OC)c2sc(N3CCN(CCNC(=O)c4cccc(Cl)c4)CC3)nc12. The molecular formula is C22H25ClN4O3S. The van der Waals surface area contributed by atoms with Crippen molar-refractivity contribution in [2.75, 3.05) is 58.4 Å². The Labute approximate surface area is 190 Å². The quantitative estimate of drug-likeness (QED) is 0.582. The molecule has 0 aliphatic carbocycles. The molecule has 0 atom stereocenters. The van der Waals surface area contributed by atoms with E-state index in [1.807, 2.05) is 12.1 Å². The number of benzene rings is 2. The van der Waals surface area contributed by atoms with E-state index in [-0.39, 0.29) is 5.91 Å². The second kappa shape index (κ2) is 9.72. The molecule has 1 aromatic heterocycles. The number of piperazine rings is 1. The number of nitrogens with zero attached hydrogens (tertiary/aromatic N) is 3. The molecule has 1 saturated heterocycles. The average Bonchev–Trinajstić information content (AvgIpc) is 3.24. The van der Waals surface area contributed by atoms with E-state index in [9.17, 15) is 4.79 Å². The molecule has 2 heterocycles. The molecule has 1 amide bonds. The zero-order valence-electron chi connectivity index (χ0n) is 17.6. The number of hydrogen-bond donors (Lipinski definition) is 1.